The van der Waals surface area contributed by atoms with Crippen LogP contribution in [0.15, 0.2) is 30.3 Å². The number of amides is 3. The molecule has 15 heteroatoms. The molecule has 4 unspecified atom stereocenters. The molecule has 0 saturated heterocycles. The predicted octanol–water partition coefficient (Wildman–Crippen LogP) is -1.70. The third-order valence-electron chi connectivity index (χ3n) is 5.19. The molecule has 0 bridgehead atoms. The minimum Gasteiger partial charge on any atom is -0.481 e. The maximum atomic E-state index is 12.9. The third kappa shape index (κ3) is 11.9. The molecule has 208 valence electrons. The number of hydrogen-bond acceptors (Lipinski definition) is 8. The van der Waals surface area contributed by atoms with E-state index in [4.69, 9.17) is 21.1 Å². The molecule has 9 N–H and O–H groups in total. The number of nitrogens with one attached hydrogen (secondary N) is 3. The molecule has 0 fully saturated rings. The number of carboxylic acid groups (broad SMARTS) is 4. The Balaban J connectivity index is 3.07. The van der Waals surface area contributed by atoms with Gasteiger partial charge in [0, 0.05) is 19.3 Å². The van der Waals surface area contributed by atoms with Gasteiger partial charge in [0.05, 0.1) is 12.5 Å². The quantitative estimate of drug-likeness (QED) is 0.110. The van der Waals surface area contributed by atoms with E-state index in [1.807, 2.05) is 0 Å². The Hall–Kier alpha value is -4.53. The second-order valence-electron chi connectivity index (χ2n) is 8.28. The third-order valence-corrected chi connectivity index (χ3v) is 5.19. The molecule has 0 aromatic heterocycles. The molecule has 4 atom stereocenters. The summed E-state index contributed by atoms with van der Waals surface area (Å²) >= 11 is 0. The lowest BCUT2D eigenvalue weighted by Gasteiger charge is -2.25. The lowest BCUT2D eigenvalue weighted by molar-refractivity contribution is -0.143. The van der Waals surface area contributed by atoms with E-state index in [-0.39, 0.29) is 6.42 Å². The van der Waals surface area contributed by atoms with Gasteiger partial charge in [-0.05, 0) is 18.4 Å². The van der Waals surface area contributed by atoms with Crippen LogP contribution in [0.4, 0.5) is 0 Å². The van der Waals surface area contributed by atoms with E-state index in [0.29, 0.717) is 5.56 Å². The van der Waals surface area contributed by atoms with Crippen LogP contribution in [-0.4, -0.2) is 86.2 Å². The van der Waals surface area contributed by atoms with Crippen LogP contribution in [0.2, 0.25) is 0 Å². The second-order valence-corrected chi connectivity index (χ2v) is 8.28. The predicted molar refractivity (Wildman–Crippen MR) is 128 cm³/mol. The standard InChI is InChI=1S/C23H30N4O11/c24-13(11-19(32)33)20(34)25-14(6-8-17(28)29)21(35)26-15(7-9-18(30)31)22(36)27-16(23(37)38)10-12-4-2-1-3-5-12/h1-5,13-16H,6-11,24H2,(H,25,34)(H,26,35)(H,27,36)(H,28,29)(H,30,31)(H,32,33)(H,37,38). The molecular weight excluding hydrogens is 508 g/mol. The van der Waals surface area contributed by atoms with Crippen molar-refractivity contribution in [3.05, 3.63) is 35.9 Å². The summed E-state index contributed by atoms with van der Waals surface area (Å²) in [4.78, 5) is 82.6. The highest BCUT2D eigenvalue weighted by Gasteiger charge is 2.31. The summed E-state index contributed by atoms with van der Waals surface area (Å²) in [6.45, 7) is 0. The van der Waals surface area contributed by atoms with Gasteiger partial charge in [0.25, 0.3) is 0 Å². The zero-order chi connectivity index (χ0) is 28.8. The van der Waals surface area contributed by atoms with Crippen LogP contribution in [0.3, 0.4) is 0 Å². The van der Waals surface area contributed by atoms with E-state index in [1.165, 1.54) is 0 Å². The van der Waals surface area contributed by atoms with Gasteiger partial charge in [-0.15, -0.1) is 0 Å². The molecule has 15 nitrogen and oxygen atoms in total. The maximum absolute atomic E-state index is 12.9. The fourth-order valence-corrected chi connectivity index (χ4v) is 3.23. The summed E-state index contributed by atoms with van der Waals surface area (Å²) in [5, 5.41) is 42.9. The molecule has 0 aliphatic heterocycles. The summed E-state index contributed by atoms with van der Waals surface area (Å²) in [5.74, 6) is -8.59. The minimum absolute atomic E-state index is 0.111. The van der Waals surface area contributed by atoms with Gasteiger partial charge in [0.15, 0.2) is 0 Å². The zero-order valence-corrected chi connectivity index (χ0v) is 20.2. The minimum atomic E-state index is -1.57. The van der Waals surface area contributed by atoms with Gasteiger partial charge in [-0.1, -0.05) is 30.3 Å². The summed E-state index contributed by atoms with van der Waals surface area (Å²) in [6, 6.07) is 2.20. The second kappa shape index (κ2) is 15.6. The molecule has 0 spiro atoms. The smallest absolute Gasteiger partial charge is 0.326 e. The SMILES string of the molecule is NC(CC(=O)O)C(=O)NC(CCC(=O)O)C(=O)NC(CCC(=O)O)C(=O)NC(Cc1ccccc1)C(=O)O. The van der Waals surface area contributed by atoms with Gasteiger partial charge in [-0.2, -0.15) is 0 Å². The first-order chi connectivity index (χ1) is 17.8. The van der Waals surface area contributed by atoms with E-state index >= 15 is 0 Å². The number of carbonyl (C=O) groups is 7. The average Bonchev–Trinajstić information content (AvgIpc) is 2.83. The van der Waals surface area contributed by atoms with E-state index in [2.05, 4.69) is 16.0 Å². The van der Waals surface area contributed by atoms with Crippen LogP contribution in [0.25, 0.3) is 0 Å². The fourth-order valence-electron chi connectivity index (χ4n) is 3.23. The number of carboxylic acids is 4. The summed E-state index contributed by atoms with van der Waals surface area (Å²) < 4.78 is 0. The molecular formula is C23H30N4O11. The van der Waals surface area contributed by atoms with Gasteiger partial charge in [0.2, 0.25) is 17.7 Å². The van der Waals surface area contributed by atoms with Gasteiger partial charge < -0.3 is 42.1 Å². The van der Waals surface area contributed by atoms with Crippen molar-refractivity contribution < 1.29 is 54.0 Å². The van der Waals surface area contributed by atoms with Crippen molar-refractivity contribution in [2.45, 2.75) is 62.7 Å². The highest BCUT2D eigenvalue weighted by Crippen LogP contribution is 2.07. The molecule has 0 radical (unpaired) electrons. The number of rotatable bonds is 17. The molecule has 0 aliphatic rings. The number of carbonyl (C=O) groups excluding carboxylic acids is 3. The van der Waals surface area contributed by atoms with Crippen molar-refractivity contribution in [3.63, 3.8) is 0 Å². The van der Waals surface area contributed by atoms with Crippen LogP contribution in [0.1, 0.15) is 37.7 Å². The number of benzene rings is 1. The van der Waals surface area contributed by atoms with Crippen molar-refractivity contribution in [2.75, 3.05) is 0 Å². The van der Waals surface area contributed by atoms with Crippen molar-refractivity contribution in [1.29, 1.82) is 0 Å². The van der Waals surface area contributed by atoms with Crippen LogP contribution in [-0.2, 0) is 40.0 Å². The summed E-state index contributed by atoms with van der Waals surface area (Å²) in [5.41, 5.74) is 6.06. The normalized spacial score (nSPS) is 13.7. The van der Waals surface area contributed by atoms with Crippen molar-refractivity contribution in [1.82, 2.24) is 16.0 Å². The largest absolute Gasteiger partial charge is 0.481 e. The van der Waals surface area contributed by atoms with Crippen molar-refractivity contribution in [2.24, 2.45) is 5.73 Å². The average molecular weight is 539 g/mol. The Morgan fingerprint density at radius 1 is 0.658 bits per heavy atom. The molecule has 0 heterocycles. The summed E-state index contributed by atoms with van der Waals surface area (Å²) in [7, 11) is 0. The van der Waals surface area contributed by atoms with E-state index < -0.39 is 97.9 Å². The van der Waals surface area contributed by atoms with Crippen LogP contribution < -0.4 is 21.7 Å². The topological polar surface area (TPSA) is 263 Å². The van der Waals surface area contributed by atoms with E-state index in [0.717, 1.165) is 0 Å². The molecule has 1 aromatic carbocycles. The van der Waals surface area contributed by atoms with Gasteiger partial charge in [0.1, 0.15) is 18.1 Å². The lowest BCUT2D eigenvalue weighted by Crippen LogP contribution is -2.57. The summed E-state index contributed by atoms with van der Waals surface area (Å²) in [6.07, 6.45) is -3.00. The first kappa shape index (κ1) is 31.5. The van der Waals surface area contributed by atoms with Gasteiger partial charge in [-0.25, -0.2) is 4.79 Å². The van der Waals surface area contributed by atoms with Crippen LogP contribution in [0, 0.1) is 0 Å². The van der Waals surface area contributed by atoms with Crippen LogP contribution >= 0.6 is 0 Å². The first-order valence-electron chi connectivity index (χ1n) is 11.4. The van der Waals surface area contributed by atoms with Crippen molar-refractivity contribution >= 4 is 41.6 Å². The molecule has 1 rings (SSSR count). The highest BCUT2D eigenvalue weighted by molar-refractivity contribution is 5.95. The number of nitrogens with two attached hydrogens (primary N) is 1. The Kier molecular flexibility index (Phi) is 12.9. The van der Waals surface area contributed by atoms with Gasteiger partial charge in [-0.3, -0.25) is 28.8 Å². The van der Waals surface area contributed by atoms with Crippen molar-refractivity contribution in [3.8, 4) is 0 Å². The van der Waals surface area contributed by atoms with E-state index in [9.17, 15) is 38.7 Å². The van der Waals surface area contributed by atoms with E-state index in [1.54, 1.807) is 30.3 Å². The molecule has 0 saturated carbocycles. The Morgan fingerprint density at radius 2 is 1.11 bits per heavy atom. The highest BCUT2D eigenvalue weighted by atomic mass is 16.4. The molecule has 38 heavy (non-hydrogen) atoms. The first-order valence-corrected chi connectivity index (χ1v) is 11.4. The van der Waals surface area contributed by atoms with Crippen LogP contribution in [0.5, 0.6) is 0 Å². The molecule has 3 amide bonds. The monoisotopic (exact) mass is 538 g/mol. The maximum Gasteiger partial charge on any atom is 0.326 e. The Morgan fingerprint density at radius 3 is 1.53 bits per heavy atom. The lowest BCUT2D eigenvalue weighted by atomic mass is 10.0. The zero-order valence-electron chi connectivity index (χ0n) is 20.2. The fraction of sp³-hybridized carbons (Fsp3) is 0.435. The van der Waals surface area contributed by atoms with Gasteiger partial charge >= 0.3 is 23.9 Å². The Labute approximate surface area is 216 Å². The number of hydrogen-bond donors (Lipinski definition) is 8. The molecule has 1 aromatic rings. The number of aliphatic carboxylic acids is 4. The Bertz CT molecular complexity index is 1030. The molecule has 0 aliphatic carbocycles.